The van der Waals surface area contributed by atoms with Crippen molar-refractivity contribution in [3.63, 3.8) is 0 Å². The molecule has 0 aliphatic rings. The monoisotopic (exact) mass is 406 g/mol. The van der Waals surface area contributed by atoms with Gasteiger partial charge in [-0.3, -0.25) is 4.79 Å². The van der Waals surface area contributed by atoms with Crippen molar-refractivity contribution in [1.82, 2.24) is 15.5 Å². The lowest BCUT2D eigenvalue weighted by molar-refractivity contribution is -0.127. The van der Waals surface area contributed by atoms with Crippen LogP contribution in [0.3, 0.4) is 0 Å². The molecule has 0 bridgehead atoms. The predicted molar refractivity (Wildman–Crippen MR) is 118 cm³/mol. The van der Waals surface area contributed by atoms with Gasteiger partial charge in [-0.05, 0) is 43.9 Å². The highest BCUT2D eigenvalue weighted by atomic mass is 16.5. The molecule has 0 saturated carbocycles. The fourth-order valence-corrected chi connectivity index (χ4v) is 2.37. The van der Waals surface area contributed by atoms with E-state index in [2.05, 4.69) is 36.4 Å². The van der Waals surface area contributed by atoms with E-state index in [0.29, 0.717) is 31.7 Å². The van der Waals surface area contributed by atoms with Gasteiger partial charge in [0.15, 0.2) is 5.96 Å². The molecule has 0 aliphatic carbocycles. The third-order valence-corrected chi connectivity index (χ3v) is 4.15. The summed E-state index contributed by atoms with van der Waals surface area (Å²) >= 11 is 0. The first-order chi connectivity index (χ1) is 13.8. The molecule has 0 aliphatic heterocycles. The van der Waals surface area contributed by atoms with Crippen molar-refractivity contribution in [2.24, 2.45) is 10.9 Å². The second-order valence-electron chi connectivity index (χ2n) is 7.57. The summed E-state index contributed by atoms with van der Waals surface area (Å²) in [6.07, 6.45) is 0.867. The zero-order chi connectivity index (χ0) is 21.6. The molecule has 0 aromatic heterocycles. The van der Waals surface area contributed by atoms with Gasteiger partial charge in [0.1, 0.15) is 12.3 Å². The van der Waals surface area contributed by atoms with E-state index >= 15 is 0 Å². The molecule has 1 aromatic carbocycles. The molecule has 7 heteroatoms. The topological polar surface area (TPSA) is 75.2 Å². The maximum Gasteiger partial charge on any atom is 0.243 e. The maximum absolute atomic E-state index is 11.9. The van der Waals surface area contributed by atoms with Gasteiger partial charge in [-0.1, -0.05) is 26.0 Å². The Morgan fingerprint density at radius 1 is 1.17 bits per heavy atom. The van der Waals surface area contributed by atoms with Crippen LogP contribution in [-0.4, -0.2) is 63.8 Å². The number of benzene rings is 1. The standard InChI is InChI=1S/C22H38N4O3/c1-7-28-14-8-13-23-22(24-15-21(27)26(5)6)25-18(4)19-9-11-20(12-10-19)29-16-17(2)3/h9-12,17-18H,7-8,13-16H2,1-6H3,(H2,23,24,25). The first kappa shape index (κ1) is 24.8. The van der Waals surface area contributed by atoms with Crippen molar-refractivity contribution >= 4 is 11.9 Å². The molecule has 0 heterocycles. The van der Waals surface area contributed by atoms with Crippen molar-refractivity contribution in [3.8, 4) is 5.75 Å². The predicted octanol–water partition coefficient (Wildman–Crippen LogP) is 2.83. The Kier molecular flexibility index (Phi) is 11.8. The second-order valence-corrected chi connectivity index (χ2v) is 7.57. The van der Waals surface area contributed by atoms with Crippen LogP contribution in [0, 0.1) is 5.92 Å². The van der Waals surface area contributed by atoms with Crippen LogP contribution in [0.5, 0.6) is 5.75 Å². The zero-order valence-electron chi connectivity index (χ0n) is 18.8. The largest absolute Gasteiger partial charge is 0.493 e. The fraction of sp³-hybridized carbons (Fsp3) is 0.636. The lowest BCUT2D eigenvalue weighted by Gasteiger charge is -2.19. The van der Waals surface area contributed by atoms with E-state index in [-0.39, 0.29) is 18.5 Å². The van der Waals surface area contributed by atoms with E-state index in [1.165, 1.54) is 4.90 Å². The summed E-state index contributed by atoms with van der Waals surface area (Å²) < 4.78 is 11.1. The minimum absolute atomic E-state index is 0.0294. The van der Waals surface area contributed by atoms with Crippen LogP contribution in [-0.2, 0) is 9.53 Å². The van der Waals surface area contributed by atoms with E-state index in [0.717, 1.165) is 24.3 Å². The van der Waals surface area contributed by atoms with Gasteiger partial charge in [0.2, 0.25) is 5.91 Å². The van der Waals surface area contributed by atoms with Gasteiger partial charge in [-0.2, -0.15) is 0 Å². The van der Waals surface area contributed by atoms with Crippen LogP contribution >= 0.6 is 0 Å². The Balaban J connectivity index is 2.69. The summed E-state index contributed by atoms with van der Waals surface area (Å²) in [5.41, 5.74) is 1.12. The number of carbonyl (C=O) groups is 1. The molecule has 2 N–H and O–H groups in total. The van der Waals surface area contributed by atoms with Crippen molar-refractivity contribution in [1.29, 1.82) is 0 Å². The molecule has 0 radical (unpaired) electrons. The molecule has 29 heavy (non-hydrogen) atoms. The molecule has 1 atom stereocenters. The molecule has 0 spiro atoms. The van der Waals surface area contributed by atoms with Gasteiger partial charge in [-0.25, -0.2) is 4.99 Å². The average Bonchev–Trinajstić information content (AvgIpc) is 2.69. The van der Waals surface area contributed by atoms with Gasteiger partial charge >= 0.3 is 0 Å². The van der Waals surface area contributed by atoms with E-state index < -0.39 is 0 Å². The van der Waals surface area contributed by atoms with Crippen LogP contribution in [0.4, 0.5) is 0 Å². The van der Waals surface area contributed by atoms with Crippen molar-refractivity contribution in [2.45, 2.75) is 40.2 Å². The summed E-state index contributed by atoms with van der Waals surface area (Å²) in [6.45, 7) is 11.2. The Morgan fingerprint density at radius 2 is 1.86 bits per heavy atom. The molecule has 1 unspecified atom stereocenters. The number of likely N-dealkylation sites (N-methyl/N-ethyl adjacent to an activating group) is 1. The van der Waals surface area contributed by atoms with Crippen LogP contribution in [0.25, 0.3) is 0 Å². The summed E-state index contributed by atoms with van der Waals surface area (Å²) in [6, 6.07) is 8.09. The summed E-state index contributed by atoms with van der Waals surface area (Å²) in [5, 5.41) is 6.66. The molecule has 1 amide bonds. The molecule has 164 valence electrons. The smallest absolute Gasteiger partial charge is 0.243 e. The number of ether oxygens (including phenoxy) is 2. The Morgan fingerprint density at radius 3 is 2.45 bits per heavy atom. The summed E-state index contributed by atoms with van der Waals surface area (Å²) in [4.78, 5) is 17.9. The third-order valence-electron chi connectivity index (χ3n) is 4.15. The maximum atomic E-state index is 11.9. The van der Waals surface area contributed by atoms with Crippen molar-refractivity contribution < 1.29 is 14.3 Å². The average molecular weight is 407 g/mol. The van der Waals surface area contributed by atoms with E-state index in [4.69, 9.17) is 9.47 Å². The number of rotatable bonds is 12. The number of aliphatic imine (C=N–C) groups is 1. The molecular formula is C22H38N4O3. The Labute approximate surface area is 175 Å². The minimum atomic E-state index is -0.0419. The fourth-order valence-electron chi connectivity index (χ4n) is 2.37. The number of hydrogen-bond donors (Lipinski definition) is 2. The third kappa shape index (κ3) is 10.7. The zero-order valence-corrected chi connectivity index (χ0v) is 18.8. The number of nitrogens with one attached hydrogen (secondary N) is 2. The minimum Gasteiger partial charge on any atom is -0.493 e. The lowest BCUT2D eigenvalue weighted by Crippen LogP contribution is -2.40. The van der Waals surface area contributed by atoms with E-state index in [1.807, 2.05) is 31.2 Å². The molecule has 7 nitrogen and oxygen atoms in total. The van der Waals surface area contributed by atoms with Crippen molar-refractivity contribution in [2.75, 3.05) is 47.0 Å². The van der Waals surface area contributed by atoms with Crippen LogP contribution in [0.1, 0.15) is 45.7 Å². The quantitative estimate of drug-likeness (QED) is 0.317. The molecular weight excluding hydrogens is 368 g/mol. The van der Waals surface area contributed by atoms with Gasteiger partial charge in [0.25, 0.3) is 0 Å². The van der Waals surface area contributed by atoms with Gasteiger partial charge in [-0.15, -0.1) is 0 Å². The Hall–Kier alpha value is -2.28. The SMILES string of the molecule is CCOCCCNC(=NCC(=O)N(C)C)NC(C)c1ccc(OCC(C)C)cc1. The highest BCUT2D eigenvalue weighted by Gasteiger charge is 2.10. The highest BCUT2D eigenvalue weighted by Crippen LogP contribution is 2.18. The van der Waals surface area contributed by atoms with E-state index in [1.54, 1.807) is 14.1 Å². The van der Waals surface area contributed by atoms with Gasteiger partial charge in [0.05, 0.1) is 12.6 Å². The van der Waals surface area contributed by atoms with E-state index in [9.17, 15) is 4.79 Å². The number of guanidine groups is 1. The summed E-state index contributed by atoms with van der Waals surface area (Å²) in [7, 11) is 3.46. The molecule has 0 fully saturated rings. The van der Waals surface area contributed by atoms with Crippen molar-refractivity contribution in [3.05, 3.63) is 29.8 Å². The number of amides is 1. The molecule has 1 rings (SSSR count). The first-order valence-corrected chi connectivity index (χ1v) is 10.4. The van der Waals surface area contributed by atoms with Crippen LogP contribution < -0.4 is 15.4 Å². The lowest BCUT2D eigenvalue weighted by atomic mass is 10.1. The van der Waals surface area contributed by atoms with Gasteiger partial charge in [0, 0.05) is 33.9 Å². The number of carbonyl (C=O) groups excluding carboxylic acids is 1. The highest BCUT2D eigenvalue weighted by molar-refractivity contribution is 5.85. The second kappa shape index (κ2) is 13.8. The molecule has 0 saturated heterocycles. The van der Waals surface area contributed by atoms with Gasteiger partial charge < -0.3 is 25.0 Å². The summed E-state index contributed by atoms with van der Waals surface area (Å²) in [5.74, 6) is 1.94. The molecule has 1 aromatic rings. The van der Waals surface area contributed by atoms with Crippen LogP contribution in [0.2, 0.25) is 0 Å². The normalized spacial score (nSPS) is 12.6. The van der Waals surface area contributed by atoms with Crippen LogP contribution in [0.15, 0.2) is 29.3 Å². The first-order valence-electron chi connectivity index (χ1n) is 10.4. The Bertz CT molecular complexity index is 615. The number of hydrogen-bond acceptors (Lipinski definition) is 4. The number of nitrogens with zero attached hydrogens (tertiary/aromatic N) is 2.